The van der Waals surface area contributed by atoms with Gasteiger partial charge in [0.25, 0.3) is 0 Å². The molecule has 0 aromatic heterocycles. The summed E-state index contributed by atoms with van der Waals surface area (Å²) >= 11 is 0. The van der Waals surface area contributed by atoms with Crippen molar-refractivity contribution in [3.05, 3.63) is 0 Å². The Kier molecular flexibility index (Phi) is 7.09. The van der Waals surface area contributed by atoms with Gasteiger partial charge in [-0.3, -0.25) is 4.79 Å². The molecule has 162 valence electrons. The van der Waals surface area contributed by atoms with Gasteiger partial charge in [0.05, 0.1) is 19.6 Å². The Hall–Kier alpha value is -1.48. The summed E-state index contributed by atoms with van der Waals surface area (Å²) in [5.41, 5.74) is 0. The molecule has 0 rings (SSSR count). The quantitative estimate of drug-likeness (QED) is 0.402. The van der Waals surface area contributed by atoms with Crippen LogP contribution in [0.15, 0.2) is 0 Å². The van der Waals surface area contributed by atoms with Gasteiger partial charge in [-0.2, -0.15) is 57.1 Å². The molecule has 3 nitrogen and oxygen atoms in total. The summed E-state index contributed by atoms with van der Waals surface area (Å²) in [5.74, 6) is -38.6. The van der Waals surface area contributed by atoms with E-state index in [-0.39, 0.29) is 0 Å². The molecule has 0 heterocycles. The van der Waals surface area contributed by atoms with E-state index in [0.717, 1.165) is 0 Å². The molecule has 0 radical (unpaired) electrons. The van der Waals surface area contributed by atoms with Crippen LogP contribution in [0.25, 0.3) is 0 Å². The van der Waals surface area contributed by atoms with E-state index < -0.39 is 67.8 Å². The minimum absolute atomic E-state index is 0.853. The topological polar surface area (TPSA) is 46.5 Å². The van der Waals surface area contributed by atoms with Crippen LogP contribution < -0.4 is 0 Å². The number of rotatable bonds is 10. The molecule has 0 amide bonds. The van der Waals surface area contributed by atoms with Crippen molar-refractivity contribution >= 4 is 5.97 Å². The molecule has 0 aliphatic carbocycles. The first kappa shape index (κ1) is 25.5. The molecule has 0 bridgehead atoms. The fraction of sp³-hybridized carbons (Fsp3) is 0.909. The molecule has 0 aromatic carbocycles. The van der Waals surface area contributed by atoms with Crippen molar-refractivity contribution in [2.45, 2.75) is 48.6 Å². The van der Waals surface area contributed by atoms with Crippen LogP contribution in [0.3, 0.4) is 0 Å². The van der Waals surface area contributed by atoms with E-state index in [9.17, 15) is 61.9 Å². The highest BCUT2D eigenvalue weighted by molar-refractivity contribution is 5.66. The fourth-order valence-electron chi connectivity index (χ4n) is 1.42. The van der Waals surface area contributed by atoms with Gasteiger partial charge in [-0.15, -0.1) is 0 Å². The fourth-order valence-corrected chi connectivity index (χ4v) is 1.42. The smallest absolute Gasteiger partial charge is 0.460 e. The van der Waals surface area contributed by atoms with Crippen LogP contribution in [-0.2, 0) is 9.53 Å². The van der Waals surface area contributed by atoms with Crippen molar-refractivity contribution in [2.24, 2.45) is 0 Å². The monoisotopic (exact) mass is 436 g/mol. The molecule has 0 aliphatic heterocycles. The van der Waals surface area contributed by atoms with Crippen LogP contribution >= 0.6 is 0 Å². The first-order valence-electron chi connectivity index (χ1n) is 6.42. The summed E-state index contributed by atoms with van der Waals surface area (Å²) in [4.78, 5) is 10.0. The zero-order valence-corrected chi connectivity index (χ0v) is 12.5. The molecule has 0 spiro atoms. The van der Waals surface area contributed by atoms with Gasteiger partial charge >= 0.3 is 41.8 Å². The second-order valence-corrected chi connectivity index (χ2v) is 5.01. The Bertz CT molecular complexity index is 526. The SMILES string of the molecule is O=C(O)CCOCCC(F)(F)C(F)(F)C(F)(F)C(F)(F)C(F)(F)C(F)(F)F. The number of alkyl halides is 13. The molecular formula is C11H9F13O3. The maximum atomic E-state index is 13.2. The van der Waals surface area contributed by atoms with Crippen LogP contribution in [0, 0.1) is 0 Å². The van der Waals surface area contributed by atoms with E-state index in [1.165, 1.54) is 0 Å². The normalized spacial score (nSPS) is 15.1. The highest BCUT2D eigenvalue weighted by Crippen LogP contribution is 2.60. The lowest BCUT2D eigenvalue weighted by atomic mass is 9.93. The lowest BCUT2D eigenvalue weighted by molar-refractivity contribution is -0.440. The van der Waals surface area contributed by atoms with E-state index in [2.05, 4.69) is 4.74 Å². The zero-order valence-electron chi connectivity index (χ0n) is 12.5. The molecule has 0 saturated carbocycles. The number of aliphatic carboxylic acids is 1. The Labute approximate surface area is 141 Å². The third kappa shape index (κ3) is 4.51. The molecular weight excluding hydrogens is 427 g/mol. The Morgan fingerprint density at radius 1 is 0.667 bits per heavy atom. The van der Waals surface area contributed by atoms with Crippen LogP contribution in [0.5, 0.6) is 0 Å². The van der Waals surface area contributed by atoms with E-state index in [1.807, 2.05) is 0 Å². The average molecular weight is 436 g/mol. The molecule has 0 aliphatic rings. The van der Waals surface area contributed by atoms with Gasteiger partial charge in [-0.05, 0) is 0 Å². The average Bonchev–Trinajstić information content (AvgIpc) is 2.44. The lowest BCUT2D eigenvalue weighted by Gasteiger charge is -2.39. The van der Waals surface area contributed by atoms with Gasteiger partial charge in [0.2, 0.25) is 0 Å². The first-order chi connectivity index (χ1) is 11.7. The molecule has 27 heavy (non-hydrogen) atoms. The van der Waals surface area contributed by atoms with Crippen molar-refractivity contribution in [1.82, 2.24) is 0 Å². The van der Waals surface area contributed by atoms with Crippen molar-refractivity contribution < 1.29 is 71.7 Å². The lowest BCUT2D eigenvalue weighted by Crippen LogP contribution is -2.70. The minimum Gasteiger partial charge on any atom is -0.481 e. The van der Waals surface area contributed by atoms with Crippen LogP contribution in [0.4, 0.5) is 57.1 Å². The third-order valence-electron chi connectivity index (χ3n) is 3.02. The van der Waals surface area contributed by atoms with Crippen LogP contribution in [0.2, 0.25) is 0 Å². The van der Waals surface area contributed by atoms with Gasteiger partial charge in [-0.1, -0.05) is 0 Å². The van der Waals surface area contributed by atoms with Crippen molar-refractivity contribution in [3.8, 4) is 0 Å². The van der Waals surface area contributed by atoms with Crippen molar-refractivity contribution in [2.75, 3.05) is 13.2 Å². The van der Waals surface area contributed by atoms with Gasteiger partial charge in [0, 0.05) is 6.42 Å². The molecule has 0 atom stereocenters. The number of carboxylic acid groups (broad SMARTS) is 1. The molecule has 16 heteroatoms. The standard InChI is InChI=1S/C11H9F13O3/c12-6(13,2-4-27-3-1-5(25)26)7(14,15)8(16,17)9(18,19)10(20,21)11(22,23)24/h1-4H2,(H,25,26). The zero-order chi connectivity index (χ0) is 22.1. The van der Waals surface area contributed by atoms with Gasteiger partial charge in [0.15, 0.2) is 0 Å². The van der Waals surface area contributed by atoms with Gasteiger partial charge in [-0.25, -0.2) is 0 Å². The third-order valence-corrected chi connectivity index (χ3v) is 3.02. The van der Waals surface area contributed by atoms with Gasteiger partial charge < -0.3 is 9.84 Å². The van der Waals surface area contributed by atoms with Gasteiger partial charge in [0.1, 0.15) is 0 Å². The number of ether oxygens (including phenoxy) is 1. The predicted octanol–water partition coefficient (Wildman–Crippen LogP) is 4.61. The highest BCUT2D eigenvalue weighted by atomic mass is 19.4. The first-order valence-corrected chi connectivity index (χ1v) is 6.42. The summed E-state index contributed by atoms with van der Waals surface area (Å²) in [7, 11) is 0. The number of hydrogen-bond acceptors (Lipinski definition) is 2. The highest BCUT2D eigenvalue weighted by Gasteiger charge is 2.90. The van der Waals surface area contributed by atoms with E-state index in [4.69, 9.17) is 5.11 Å². The molecule has 1 N–H and O–H groups in total. The van der Waals surface area contributed by atoms with Crippen molar-refractivity contribution in [1.29, 1.82) is 0 Å². The van der Waals surface area contributed by atoms with Crippen LogP contribution in [0.1, 0.15) is 12.8 Å². The second kappa shape index (κ2) is 7.50. The summed E-state index contributed by atoms with van der Waals surface area (Å²) in [6.07, 6.45) is -10.8. The maximum absolute atomic E-state index is 13.2. The molecule has 0 saturated heterocycles. The predicted molar refractivity (Wildman–Crippen MR) is 58.5 cm³/mol. The molecule has 0 fully saturated rings. The Morgan fingerprint density at radius 2 is 1.07 bits per heavy atom. The number of carbonyl (C=O) groups is 1. The number of carboxylic acids is 1. The van der Waals surface area contributed by atoms with E-state index in [1.54, 1.807) is 0 Å². The number of hydrogen-bond donors (Lipinski definition) is 1. The number of halogens is 13. The summed E-state index contributed by atoms with van der Waals surface area (Å²) in [5, 5.41) is 8.15. The Morgan fingerprint density at radius 3 is 1.44 bits per heavy atom. The minimum atomic E-state index is -7.94. The van der Waals surface area contributed by atoms with E-state index in [0.29, 0.717) is 0 Å². The molecule has 0 unspecified atom stereocenters. The summed E-state index contributed by atoms with van der Waals surface area (Å²) < 4.78 is 169. The summed E-state index contributed by atoms with van der Waals surface area (Å²) in [6.45, 7) is -2.51. The van der Waals surface area contributed by atoms with E-state index >= 15 is 0 Å². The largest absolute Gasteiger partial charge is 0.481 e. The summed E-state index contributed by atoms with van der Waals surface area (Å²) in [6, 6.07) is 0. The Balaban J connectivity index is 5.58. The second-order valence-electron chi connectivity index (χ2n) is 5.01. The van der Waals surface area contributed by atoms with Crippen molar-refractivity contribution in [3.63, 3.8) is 0 Å². The maximum Gasteiger partial charge on any atom is 0.460 e. The van der Waals surface area contributed by atoms with Crippen LogP contribution in [-0.4, -0.2) is 60.1 Å². The molecule has 0 aromatic rings.